The van der Waals surface area contributed by atoms with E-state index in [0.717, 1.165) is 6.42 Å². The predicted octanol–water partition coefficient (Wildman–Crippen LogP) is 4.07. The zero-order valence-electron chi connectivity index (χ0n) is 11.9. The topological polar surface area (TPSA) is 38.0 Å². The van der Waals surface area contributed by atoms with Crippen LogP contribution in [0.4, 0.5) is 0 Å². The van der Waals surface area contributed by atoms with E-state index < -0.39 is 0 Å². The fraction of sp³-hybridized carbons (Fsp3) is 0.412. The fourth-order valence-corrected chi connectivity index (χ4v) is 4.24. The Bertz CT molecular complexity index is 576. The first kappa shape index (κ1) is 13.8. The van der Waals surface area contributed by atoms with E-state index in [2.05, 4.69) is 48.7 Å². The zero-order valence-corrected chi connectivity index (χ0v) is 12.7. The maximum Gasteiger partial charge on any atom is 0.0559 e. The first-order valence-electron chi connectivity index (χ1n) is 7.38. The van der Waals surface area contributed by atoms with Crippen LogP contribution in [0.25, 0.3) is 0 Å². The molecule has 0 spiro atoms. The van der Waals surface area contributed by atoms with Gasteiger partial charge in [0.15, 0.2) is 0 Å². The Balaban J connectivity index is 1.80. The summed E-state index contributed by atoms with van der Waals surface area (Å²) in [4.78, 5) is 2.71. The number of hydrazine groups is 1. The van der Waals surface area contributed by atoms with E-state index in [-0.39, 0.29) is 6.04 Å². The van der Waals surface area contributed by atoms with Crippen LogP contribution in [0.3, 0.4) is 0 Å². The summed E-state index contributed by atoms with van der Waals surface area (Å²) in [7, 11) is 0. The van der Waals surface area contributed by atoms with Crippen molar-refractivity contribution in [2.24, 2.45) is 5.84 Å². The van der Waals surface area contributed by atoms with Crippen LogP contribution in [0.15, 0.2) is 36.4 Å². The van der Waals surface area contributed by atoms with Crippen molar-refractivity contribution in [3.63, 3.8) is 0 Å². The standard InChI is InChI=1S/C17H22N2S/c1-12-9-10-17(20-12)16(19-18)11-14-7-4-6-13-5-2-3-8-15(13)14/h2-3,5,8-10,14,16,19H,4,6-7,11,18H2,1H3. The molecule has 106 valence electrons. The summed E-state index contributed by atoms with van der Waals surface area (Å²) >= 11 is 1.85. The van der Waals surface area contributed by atoms with Gasteiger partial charge in [0.05, 0.1) is 6.04 Å². The molecule has 3 N–H and O–H groups in total. The molecular weight excluding hydrogens is 264 g/mol. The molecule has 2 unspecified atom stereocenters. The van der Waals surface area contributed by atoms with Gasteiger partial charge in [-0.1, -0.05) is 24.3 Å². The molecule has 0 saturated carbocycles. The third-order valence-electron chi connectivity index (χ3n) is 4.32. The number of thiophene rings is 1. The van der Waals surface area contributed by atoms with E-state index in [9.17, 15) is 0 Å². The van der Waals surface area contributed by atoms with Crippen LogP contribution in [-0.4, -0.2) is 0 Å². The third-order valence-corrected chi connectivity index (χ3v) is 5.43. The number of rotatable bonds is 4. The van der Waals surface area contributed by atoms with Crippen LogP contribution in [0.5, 0.6) is 0 Å². The van der Waals surface area contributed by atoms with Crippen molar-refractivity contribution in [1.82, 2.24) is 5.43 Å². The van der Waals surface area contributed by atoms with Crippen LogP contribution in [0, 0.1) is 6.92 Å². The van der Waals surface area contributed by atoms with Gasteiger partial charge in [-0.2, -0.15) is 0 Å². The molecule has 1 aliphatic rings. The number of nitrogens with one attached hydrogen (secondary N) is 1. The Hall–Kier alpha value is -1.16. The van der Waals surface area contributed by atoms with Gasteiger partial charge in [-0.05, 0) is 61.8 Å². The highest BCUT2D eigenvalue weighted by Crippen LogP contribution is 2.38. The predicted molar refractivity (Wildman–Crippen MR) is 85.9 cm³/mol. The molecule has 1 aromatic carbocycles. The smallest absolute Gasteiger partial charge is 0.0559 e. The highest BCUT2D eigenvalue weighted by molar-refractivity contribution is 7.12. The lowest BCUT2D eigenvalue weighted by molar-refractivity contribution is 0.430. The molecule has 0 fully saturated rings. The van der Waals surface area contributed by atoms with Gasteiger partial charge in [0, 0.05) is 9.75 Å². The molecule has 2 aromatic rings. The van der Waals surface area contributed by atoms with Crippen LogP contribution >= 0.6 is 11.3 Å². The molecule has 3 heteroatoms. The first-order chi connectivity index (χ1) is 9.78. The van der Waals surface area contributed by atoms with Crippen LogP contribution < -0.4 is 11.3 Å². The van der Waals surface area contributed by atoms with Crippen molar-refractivity contribution in [3.8, 4) is 0 Å². The minimum absolute atomic E-state index is 0.268. The van der Waals surface area contributed by atoms with Gasteiger partial charge >= 0.3 is 0 Å². The summed E-state index contributed by atoms with van der Waals surface area (Å²) in [6.07, 6.45) is 4.89. The molecule has 0 radical (unpaired) electrons. The molecule has 20 heavy (non-hydrogen) atoms. The average molecular weight is 286 g/mol. The van der Waals surface area contributed by atoms with Gasteiger partial charge < -0.3 is 0 Å². The number of benzene rings is 1. The van der Waals surface area contributed by atoms with Crippen molar-refractivity contribution in [2.45, 2.75) is 44.6 Å². The van der Waals surface area contributed by atoms with Crippen molar-refractivity contribution < 1.29 is 0 Å². The molecular formula is C17H22N2S. The summed E-state index contributed by atoms with van der Waals surface area (Å²) in [5.74, 6) is 6.44. The van der Waals surface area contributed by atoms with Crippen LogP contribution in [0.1, 0.15) is 52.1 Å². The number of aryl methyl sites for hydroxylation is 2. The van der Waals surface area contributed by atoms with E-state index in [1.165, 1.54) is 40.1 Å². The average Bonchev–Trinajstić information content (AvgIpc) is 2.91. The molecule has 0 aliphatic heterocycles. The van der Waals surface area contributed by atoms with E-state index in [0.29, 0.717) is 5.92 Å². The summed E-state index contributed by atoms with van der Waals surface area (Å²) < 4.78 is 0. The molecule has 2 nitrogen and oxygen atoms in total. The lowest BCUT2D eigenvalue weighted by atomic mass is 9.79. The zero-order chi connectivity index (χ0) is 13.9. The molecule has 0 saturated heterocycles. The Morgan fingerprint density at radius 1 is 1.30 bits per heavy atom. The molecule has 1 heterocycles. The normalized spacial score (nSPS) is 19.6. The minimum atomic E-state index is 0.268. The van der Waals surface area contributed by atoms with Crippen molar-refractivity contribution in [2.75, 3.05) is 0 Å². The van der Waals surface area contributed by atoms with Gasteiger partial charge in [-0.3, -0.25) is 11.3 Å². The Morgan fingerprint density at radius 2 is 2.15 bits per heavy atom. The lowest BCUT2D eigenvalue weighted by Gasteiger charge is -2.28. The quantitative estimate of drug-likeness (QED) is 0.657. The molecule has 2 atom stereocenters. The molecule has 0 bridgehead atoms. The van der Waals surface area contributed by atoms with Gasteiger partial charge in [0.2, 0.25) is 0 Å². The van der Waals surface area contributed by atoms with Crippen molar-refractivity contribution >= 4 is 11.3 Å². The highest BCUT2D eigenvalue weighted by atomic mass is 32.1. The van der Waals surface area contributed by atoms with Crippen LogP contribution in [-0.2, 0) is 6.42 Å². The number of hydrogen-bond acceptors (Lipinski definition) is 3. The Morgan fingerprint density at radius 3 is 2.90 bits per heavy atom. The van der Waals surface area contributed by atoms with Gasteiger partial charge in [-0.25, -0.2) is 0 Å². The Kier molecular flexibility index (Phi) is 4.20. The third kappa shape index (κ3) is 2.80. The molecule has 0 amide bonds. The number of hydrogen-bond donors (Lipinski definition) is 2. The first-order valence-corrected chi connectivity index (χ1v) is 8.20. The van der Waals surface area contributed by atoms with Gasteiger partial charge in [0.1, 0.15) is 0 Å². The maximum absolute atomic E-state index is 5.81. The summed E-state index contributed by atoms with van der Waals surface area (Å²) in [5.41, 5.74) is 6.08. The van der Waals surface area contributed by atoms with E-state index >= 15 is 0 Å². The lowest BCUT2D eigenvalue weighted by Crippen LogP contribution is -2.29. The van der Waals surface area contributed by atoms with E-state index in [1.54, 1.807) is 0 Å². The van der Waals surface area contributed by atoms with Crippen molar-refractivity contribution in [3.05, 3.63) is 57.3 Å². The monoisotopic (exact) mass is 286 g/mol. The fourth-order valence-electron chi connectivity index (χ4n) is 3.29. The summed E-state index contributed by atoms with van der Waals surface area (Å²) in [6.45, 7) is 2.15. The van der Waals surface area contributed by atoms with Gasteiger partial charge in [-0.15, -0.1) is 11.3 Å². The van der Waals surface area contributed by atoms with E-state index in [1.807, 2.05) is 11.3 Å². The number of fused-ring (bicyclic) bond motifs is 1. The highest BCUT2D eigenvalue weighted by Gasteiger charge is 2.24. The largest absolute Gasteiger partial charge is 0.271 e. The second-order valence-electron chi connectivity index (χ2n) is 5.69. The SMILES string of the molecule is Cc1ccc(C(CC2CCCc3ccccc32)NN)s1. The van der Waals surface area contributed by atoms with Crippen LogP contribution in [0.2, 0.25) is 0 Å². The molecule has 3 rings (SSSR count). The molecule has 1 aliphatic carbocycles. The van der Waals surface area contributed by atoms with Gasteiger partial charge in [0.25, 0.3) is 0 Å². The second kappa shape index (κ2) is 6.08. The minimum Gasteiger partial charge on any atom is -0.271 e. The molecule has 1 aromatic heterocycles. The number of nitrogens with two attached hydrogens (primary N) is 1. The summed E-state index contributed by atoms with van der Waals surface area (Å²) in [5, 5.41) is 0. The van der Waals surface area contributed by atoms with E-state index in [4.69, 9.17) is 5.84 Å². The second-order valence-corrected chi connectivity index (χ2v) is 7.01. The summed E-state index contributed by atoms with van der Waals surface area (Å²) in [6, 6.07) is 13.6. The Labute approximate surface area is 125 Å². The maximum atomic E-state index is 5.81. The van der Waals surface area contributed by atoms with Crippen molar-refractivity contribution in [1.29, 1.82) is 0 Å².